The zero-order valence-corrected chi connectivity index (χ0v) is 20.5. The fraction of sp³-hybridized carbons (Fsp3) is 0.269. The van der Waals surface area contributed by atoms with Crippen molar-refractivity contribution in [2.24, 2.45) is 4.99 Å². The van der Waals surface area contributed by atoms with Crippen molar-refractivity contribution in [3.8, 4) is 11.5 Å². The Kier molecular flexibility index (Phi) is 8.97. The van der Waals surface area contributed by atoms with Gasteiger partial charge in [0.1, 0.15) is 23.0 Å². The highest BCUT2D eigenvalue weighted by Crippen LogP contribution is 2.41. The summed E-state index contributed by atoms with van der Waals surface area (Å²) in [5, 5.41) is 21.9. The maximum Gasteiger partial charge on any atom is 0.344 e. The lowest BCUT2D eigenvalue weighted by Crippen LogP contribution is -2.29. The van der Waals surface area contributed by atoms with Gasteiger partial charge in [-0.15, -0.1) is 0 Å². The van der Waals surface area contributed by atoms with Crippen molar-refractivity contribution >= 4 is 40.5 Å². The number of aliphatic hydroxyl groups is 1. The summed E-state index contributed by atoms with van der Waals surface area (Å²) in [4.78, 5) is 28.3. The first-order chi connectivity index (χ1) is 16.9. The van der Waals surface area contributed by atoms with E-state index in [2.05, 4.69) is 11.9 Å². The summed E-state index contributed by atoms with van der Waals surface area (Å²) in [6.45, 7) is 5.42. The molecular formula is C26H26NO7S-. The molecule has 1 heterocycles. The van der Waals surface area contributed by atoms with Crippen LogP contribution in [-0.4, -0.2) is 41.9 Å². The molecule has 3 rings (SSSR count). The van der Waals surface area contributed by atoms with Gasteiger partial charge in [-0.05, 0) is 61.7 Å². The molecule has 1 N–H and O–H groups in total. The van der Waals surface area contributed by atoms with Crippen LogP contribution in [0.3, 0.4) is 0 Å². The monoisotopic (exact) mass is 496 g/mol. The number of carboxylic acids is 1. The number of hydrogen-bond donors (Lipinski definition) is 1. The molecule has 0 atom stereocenters. The molecule has 0 saturated carbocycles. The van der Waals surface area contributed by atoms with Crippen molar-refractivity contribution in [3.05, 3.63) is 69.8 Å². The Hall–Kier alpha value is -3.72. The van der Waals surface area contributed by atoms with Gasteiger partial charge in [0, 0.05) is 0 Å². The quantitative estimate of drug-likeness (QED) is 0.491. The summed E-state index contributed by atoms with van der Waals surface area (Å²) in [5.74, 6) is -1.65. The molecule has 0 unspecified atom stereocenters. The molecule has 1 aliphatic heterocycles. The Labute approximate surface area is 207 Å². The van der Waals surface area contributed by atoms with Gasteiger partial charge in [-0.3, -0.25) is 0 Å². The van der Waals surface area contributed by atoms with Crippen molar-refractivity contribution in [2.75, 3.05) is 19.8 Å². The van der Waals surface area contributed by atoms with Crippen LogP contribution >= 0.6 is 11.8 Å². The molecule has 35 heavy (non-hydrogen) atoms. The van der Waals surface area contributed by atoms with E-state index in [0.29, 0.717) is 33.6 Å². The molecule has 0 saturated heterocycles. The number of aryl methyl sites for hydroxylation is 1. The Balaban J connectivity index is 1.98. The number of benzene rings is 2. The van der Waals surface area contributed by atoms with Gasteiger partial charge >= 0.3 is 5.97 Å². The van der Waals surface area contributed by atoms with E-state index in [0.717, 1.165) is 23.7 Å². The average Bonchev–Trinajstić information content (AvgIpc) is 3.13. The number of ether oxygens (including phenoxy) is 3. The first kappa shape index (κ1) is 25.9. The summed E-state index contributed by atoms with van der Waals surface area (Å²) >= 11 is 1.15. The van der Waals surface area contributed by atoms with E-state index in [4.69, 9.17) is 14.2 Å². The van der Waals surface area contributed by atoms with Gasteiger partial charge in [0.05, 0.1) is 29.8 Å². The van der Waals surface area contributed by atoms with Crippen LogP contribution in [0.2, 0.25) is 0 Å². The van der Waals surface area contributed by atoms with Gasteiger partial charge in [0.2, 0.25) is 0 Å². The van der Waals surface area contributed by atoms with Crippen molar-refractivity contribution < 1.29 is 34.0 Å². The first-order valence-electron chi connectivity index (χ1n) is 11.1. The molecule has 2 aromatic rings. The van der Waals surface area contributed by atoms with E-state index in [1.54, 1.807) is 38.1 Å². The molecule has 0 aliphatic carbocycles. The highest BCUT2D eigenvalue weighted by Gasteiger charge is 2.33. The molecule has 8 nitrogen and oxygen atoms in total. The maximum atomic E-state index is 12.6. The second kappa shape index (κ2) is 12.1. The van der Waals surface area contributed by atoms with E-state index < -0.39 is 18.5 Å². The van der Waals surface area contributed by atoms with Crippen molar-refractivity contribution in [3.63, 3.8) is 0 Å². The van der Waals surface area contributed by atoms with E-state index >= 15 is 0 Å². The number of esters is 1. The fourth-order valence-electron chi connectivity index (χ4n) is 3.21. The maximum absolute atomic E-state index is 12.6. The van der Waals surface area contributed by atoms with E-state index in [-0.39, 0.29) is 23.7 Å². The highest BCUT2D eigenvalue weighted by molar-refractivity contribution is 8.18. The standard InChI is InChI=1S/C26H27NO7S/c1-4-16-7-10-18(11-8-16)27-25-23(26(31)33-6-3)24(30)21(35-25)14-17-9-12-19(34-15-22(28)29)20(13-17)32-5-2/h7-14,30H,4-6,15H2,1-3H3,(H,28,29)/p-1/b21-14-,27-25?. The molecule has 0 radical (unpaired) electrons. The topological polar surface area (TPSA) is 117 Å². The van der Waals surface area contributed by atoms with Crippen LogP contribution < -0.4 is 14.6 Å². The van der Waals surface area contributed by atoms with Crippen LogP contribution in [0.25, 0.3) is 6.08 Å². The number of thioether (sulfide) groups is 1. The number of hydrogen-bond acceptors (Lipinski definition) is 9. The van der Waals surface area contributed by atoms with Crippen LogP contribution in [0.4, 0.5) is 5.69 Å². The smallest absolute Gasteiger partial charge is 0.344 e. The largest absolute Gasteiger partial charge is 0.546 e. The molecule has 9 heteroatoms. The third-order valence-electron chi connectivity index (χ3n) is 4.86. The molecule has 0 amide bonds. The van der Waals surface area contributed by atoms with Gasteiger partial charge in [-0.1, -0.05) is 36.9 Å². The van der Waals surface area contributed by atoms with Gasteiger partial charge in [0.15, 0.2) is 11.5 Å². The molecule has 0 spiro atoms. The molecule has 1 aliphatic rings. The van der Waals surface area contributed by atoms with Crippen molar-refractivity contribution in [2.45, 2.75) is 27.2 Å². The molecule has 2 aromatic carbocycles. The number of nitrogens with zero attached hydrogens (tertiary/aromatic N) is 1. The summed E-state index contributed by atoms with van der Waals surface area (Å²) in [5.41, 5.74) is 2.45. The minimum absolute atomic E-state index is 0.00149. The summed E-state index contributed by atoms with van der Waals surface area (Å²) in [6, 6.07) is 12.5. The summed E-state index contributed by atoms with van der Waals surface area (Å²) < 4.78 is 15.9. The fourth-order valence-corrected chi connectivity index (χ4v) is 4.24. The molecule has 184 valence electrons. The minimum atomic E-state index is -1.35. The van der Waals surface area contributed by atoms with E-state index in [1.165, 1.54) is 0 Å². The number of aliphatic hydroxyl groups excluding tert-OH is 1. The molecule has 0 aromatic heterocycles. The van der Waals surface area contributed by atoms with Crippen LogP contribution in [-0.2, 0) is 20.7 Å². The van der Waals surface area contributed by atoms with Crippen LogP contribution in [0.15, 0.2) is 63.7 Å². The summed E-state index contributed by atoms with van der Waals surface area (Å²) in [6.07, 6.45) is 2.57. The number of aliphatic carboxylic acids is 1. The van der Waals surface area contributed by atoms with Gasteiger partial charge in [0.25, 0.3) is 0 Å². The second-order valence-electron chi connectivity index (χ2n) is 7.29. The van der Waals surface area contributed by atoms with Crippen LogP contribution in [0.1, 0.15) is 31.9 Å². The van der Waals surface area contributed by atoms with Crippen molar-refractivity contribution in [1.82, 2.24) is 0 Å². The second-order valence-corrected chi connectivity index (χ2v) is 8.32. The number of carboxylic acid groups (broad SMARTS) is 1. The van der Waals surface area contributed by atoms with E-state index in [9.17, 15) is 19.8 Å². The lowest BCUT2D eigenvalue weighted by atomic mass is 10.1. The Bertz CT molecular complexity index is 1180. The molecule has 0 fully saturated rings. The molecule has 0 bridgehead atoms. The Morgan fingerprint density at radius 2 is 1.77 bits per heavy atom. The van der Waals surface area contributed by atoms with Crippen LogP contribution in [0, 0.1) is 0 Å². The zero-order chi connectivity index (χ0) is 25.4. The van der Waals surface area contributed by atoms with Gasteiger partial charge in [-0.25, -0.2) is 9.79 Å². The number of carbonyl (C=O) groups is 2. The zero-order valence-electron chi connectivity index (χ0n) is 19.7. The van der Waals surface area contributed by atoms with Crippen LogP contribution in [0.5, 0.6) is 11.5 Å². The highest BCUT2D eigenvalue weighted by atomic mass is 32.2. The normalized spacial score (nSPS) is 15.5. The first-order valence-corrected chi connectivity index (χ1v) is 12.0. The summed E-state index contributed by atoms with van der Waals surface area (Å²) in [7, 11) is 0. The number of aliphatic imine (C=N–C) groups is 1. The third-order valence-corrected chi connectivity index (χ3v) is 5.88. The lowest BCUT2D eigenvalue weighted by Gasteiger charge is -2.13. The minimum Gasteiger partial charge on any atom is -0.546 e. The lowest BCUT2D eigenvalue weighted by molar-refractivity contribution is -0.307. The number of rotatable bonds is 10. The third kappa shape index (κ3) is 6.66. The number of carbonyl (C=O) groups excluding carboxylic acids is 2. The molecular weight excluding hydrogens is 470 g/mol. The van der Waals surface area contributed by atoms with Crippen molar-refractivity contribution in [1.29, 1.82) is 0 Å². The predicted molar refractivity (Wildman–Crippen MR) is 133 cm³/mol. The van der Waals surface area contributed by atoms with Gasteiger partial charge in [-0.2, -0.15) is 0 Å². The van der Waals surface area contributed by atoms with Gasteiger partial charge < -0.3 is 29.2 Å². The van der Waals surface area contributed by atoms with E-state index in [1.807, 2.05) is 24.3 Å². The SMILES string of the molecule is CCOC(=O)C1=C(O)/C(=C/c2ccc(OCC(=O)[O-])c(OCC)c2)SC1=Nc1ccc(CC)cc1. The average molecular weight is 497 g/mol. The predicted octanol–water partition coefficient (Wildman–Crippen LogP) is 3.97. The Morgan fingerprint density at radius 1 is 1.03 bits per heavy atom. The Morgan fingerprint density at radius 3 is 2.40 bits per heavy atom.